The molecule has 382 valence electrons. The highest BCUT2D eigenvalue weighted by Crippen LogP contribution is 2.34. The van der Waals surface area contributed by atoms with Gasteiger partial charge in [-0.2, -0.15) is 0 Å². The van der Waals surface area contributed by atoms with Crippen molar-refractivity contribution in [2.24, 2.45) is 17.1 Å². The molecule has 1 amide bonds. The van der Waals surface area contributed by atoms with Crippen molar-refractivity contribution in [2.75, 3.05) is 47.7 Å². The van der Waals surface area contributed by atoms with Crippen molar-refractivity contribution in [1.29, 1.82) is 0 Å². The second kappa shape index (κ2) is 32.1. The molecule has 2 fully saturated rings. The number of Topliss-reactive ketones (excluding diaryl/α,β-unsaturated/α-hetero) is 2. The molecule has 1 aliphatic heterocycles. The number of piperidine rings is 1. The SMILES string of the molecule is C=C(C(=O)N1CCCCC1C(=O)OCCC)C(O)(OC)C(C)CCC/C(C)=C/C=C/C=C/CCC(N)C(=O)C(OC)C(O)/C(C)=C/CC(C)=O.C=C(OC1CCCCC1OC)C(C)(CO)CO. The summed E-state index contributed by atoms with van der Waals surface area (Å²) >= 11 is 0. The Morgan fingerprint density at radius 3 is 2.15 bits per heavy atom. The highest BCUT2D eigenvalue weighted by atomic mass is 16.6. The molecule has 2 rings (SSSR count). The topological polar surface area (TPSA) is 225 Å². The van der Waals surface area contributed by atoms with Crippen molar-refractivity contribution in [3.8, 4) is 0 Å². The van der Waals surface area contributed by atoms with Crippen LogP contribution in [-0.2, 0) is 42.9 Å². The van der Waals surface area contributed by atoms with Gasteiger partial charge in [-0.1, -0.05) is 75.5 Å². The molecule has 0 radical (unpaired) electrons. The van der Waals surface area contributed by atoms with Gasteiger partial charge in [0.25, 0.3) is 5.91 Å². The molecule has 15 heteroatoms. The van der Waals surface area contributed by atoms with E-state index in [1.54, 1.807) is 27.0 Å². The minimum atomic E-state index is -1.88. The van der Waals surface area contributed by atoms with E-state index in [1.165, 1.54) is 26.0 Å². The van der Waals surface area contributed by atoms with E-state index in [-0.39, 0.29) is 43.2 Å². The second-order valence-electron chi connectivity index (χ2n) is 18.2. The molecule has 8 atom stereocenters. The number of hydrogen-bond acceptors (Lipinski definition) is 14. The number of esters is 1. The first-order chi connectivity index (χ1) is 31.7. The number of ether oxygens (including phenoxy) is 5. The molecular formula is C52H86N2O13. The van der Waals surface area contributed by atoms with E-state index >= 15 is 0 Å². The third kappa shape index (κ3) is 20.0. The van der Waals surface area contributed by atoms with Crippen LogP contribution in [0.4, 0.5) is 0 Å². The van der Waals surface area contributed by atoms with Crippen LogP contribution >= 0.6 is 0 Å². The van der Waals surface area contributed by atoms with E-state index in [2.05, 4.69) is 13.2 Å². The maximum atomic E-state index is 13.5. The predicted molar refractivity (Wildman–Crippen MR) is 260 cm³/mol. The van der Waals surface area contributed by atoms with Gasteiger partial charge in [0.05, 0.1) is 48.7 Å². The minimum absolute atomic E-state index is 0.0151. The van der Waals surface area contributed by atoms with Gasteiger partial charge >= 0.3 is 5.97 Å². The van der Waals surface area contributed by atoms with E-state index in [4.69, 9.17) is 29.4 Å². The summed E-state index contributed by atoms with van der Waals surface area (Å²) in [5, 5.41) is 40.5. The van der Waals surface area contributed by atoms with E-state index < -0.39 is 59.1 Å². The van der Waals surface area contributed by atoms with E-state index in [1.807, 2.05) is 51.2 Å². The molecule has 0 aromatic carbocycles. The number of amides is 1. The van der Waals surface area contributed by atoms with Crippen LogP contribution in [0.2, 0.25) is 0 Å². The molecule has 15 nitrogen and oxygen atoms in total. The van der Waals surface area contributed by atoms with Crippen molar-refractivity contribution in [1.82, 2.24) is 4.90 Å². The maximum Gasteiger partial charge on any atom is 0.328 e. The molecule has 0 bridgehead atoms. The molecular weight excluding hydrogens is 861 g/mol. The highest BCUT2D eigenvalue weighted by Gasteiger charge is 2.44. The number of rotatable bonds is 29. The zero-order valence-electron chi connectivity index (χ0n) is 42.1. The molecule has 6 N–H and O–H groups in total. The quantitative estimate of drug-likeness (QED) is 0.0135. The lowest BCUT2D eigenvalue weighted by Gasteiger charge is -2.39. The summed E-state index contributed by atoms with van der Waals surface area (Å²) in [6.07, 6.45) is 19.1. The largest absolute Gasteiger partial charge is 0.492 e. The molecule has 1 aliphatic carbocycles. The number of likely N-dealkylation sites (tertiary alicyclic amines) is 1. The van der Waals surface area contributed by atoms with Gasteiger partial charge in [-0.15, -0.1) is 0 Å². The number of aliphatic hydroxyl groups excluding tert-OH is 3. The molecule has 1 heterocycles. The summed E-state index contributed by atoms with van der Waals surface area (Å²) in [7, 11) is 4.39. The average molecular weight is 947 g/mol. The molecule has 1 saturated heterocycles. The smallest absolute Gasteiger partial charge is 0.328 e. The fourth-order valence-electron chi connectivity index (χ4n) is 7.80. The summed E-state index contributed by atoms with van der Waals surface area (Å²) in [6.45, 7) is 18.7. The standard InChI is InChI=1S/C39H62N2O9.C13H24O4/c1-9-26-50-38(46)33-22-15-16-25-41(33)37(45)31(6)39(47,49-8)29(4)20-17-19-27(2)18-13-11-10-12-14-21-32(40)35(44)36(48-7)34(43)28(3)23-24-30(5)42;1-10(13(2,8-14)9-15)17-12-7-5-4-6-11(12)16-3/h10-13,18,23,29,32-34,36,43,47H,6,9,14-17,19-22,24-26,40H2,1-5,7-8H3;11-12,14-15H,1,4-9H2,2-3H3/b12-10+,13-11+,27-18+,28-23+;. The van der Waals surface area contributed by atoms with Gasteiger partial charge in [0.15, 0.2) is 11.6 Å². The normalized spacial score (nSPS) is 21.1. The fraction of sp³-hybridized carbons (Fsp3) is 0.692. The Labute approximate surface area is 401 Å². The third-order valence-electron chi connectivity index (χ3n) is 12.7. The number of aliphatic hydroxyl groups is 4. The summed E-state index contributed by atoms with van der Waals surface area (Å²) in [5.41, 5.74) is 6.84. The molecule has 67 heavy (non-hydrogen) atoms. The van der Waals surface area contributed by atoms with Gasteiger partial charge < -0.3 is 54.7 Å². The number of carbonyl (C=O) groups excluding carboxylic acids is 4. The van der Waals surface area contributed by atoms with Crippen molar-refractivity contribution in [2.45, 2.75) is 174 Å². The van der Waals surface area contributed by atoms with Crippen LogP contribution in [0.25, 0.3) is 0 Å². The Kier molecular flexibility index (Phi) is 29.3. The lowest BCUT2D eigenvalue weighted by Crippen LogP contribution is -2.53. The van der Waals surface area contributed by atoms with Crippen LogP contribution in [0, 0.1) is 11.3 Å². The summed E-state index contributed by atoms with van der Waals surface area (Å²) in [6, 6.07) is -1.50. The maximum absolute atomic E-state index is 13.5. The van der Waals surface area contributed by atoms with Gasteiger partial charge in [0.2, 0.25) is 0 Å². The first kappa shape index (κ1) is 61.2. The Morgan fingerprint density at radius 2 is 1.57 bits per heavy atom. The number of hydrogen-bond donors (Lipinski definition) is 5. The molecule has 0 aromatic heterocycles. The van der Waals surface area contributed by atoms with Crippen LogP contribution in [0.3, 0.4) is 0 Å². The Bertz CT molecular complexity index is 1680. The van der Waals surface area contributed by atoms with E-state index in [0.29, 0.717) is 56.6 Å². The van der Waals surface area contributed by atoms with Crippen LogP contribution in [-0.4, -0.2) is 139 Å². The van der Waals surface area contributed by atoms with Crippen molar-refractivity contribution in [3.05, 3.63) is 72.1 Å². The number of nitrogens with two attached hydrogens (primary N) is 1. The first-order valence-corrected chi connectivity index (χ1v) is 23.9. The van der Waals surface area contributed by atoms with Crippen molar-refractivity contribution in [3.63, 3.8) is 0 Å². The van der Waals surface area contributed by atoms with Gasteiger partial charge in [-0.3, -0.25) is 14.4 Å². The van der Waals surface area contributed by atoms with Gasteiger partial charge in [0.1, 0.15) is 30.1 Å². The van der Waals surface area contributed by atoms with Crippen LogP contribution in [0.15, 0.2) is 72.1 Å². The second-order valence-corrected chi connectivity index (χ2v) is 18.2. The lowest BCUT2D eigenvalue weighted by molar-refractivity contribution is -0.195. The van der Waals surface area contributed by atoms with E-state index in [9.17, 15) is 39.6 Å². The number of nitrogens with zero attached hydrogens (tertiary/aromatic N) is 1. The number of methoxy groups -OCH3 is 3. The highest BCUT2D eigenvalue weighted by molar-refractivity contribution is 5.97. The third-order valence-corrected chi connectivity index (χ3v) is 12.7. The van der Waals surface area contributed by atoms with E-state index in [0.717, 1.165) is 56.9 Å². The number of carbonyl (C=O) groups is 4. The predicted octanol–water partition coefficient (Wildman–Crippen LogP) is 6.52. The van der Waals surface area contributed by atoms with Crippen LogP contribution in [0.5, 0.6) is 0 Å². The van der Waals surface area contributed by atoms with Gasteiger partial charge in [-0.25, -0.2) is 4.79 Å². The molecule has 2 aliphatic rings. The molecule has 8 unspecified atom stereocenters. The average Bonchev–Trinajstić information content (AvgIpc) is 3.33. The number of allylic oxidation sites excluding steroid dienone is 7. The van der Waals surface area contributed by atoms with Gasteiger partial charge in [-0.05, 0) is 110 Å². The van der Waals surface area contributed by atoms with Crippen molar-refractivity contribution >= 4 is 23.4 Å². The summed E-state index contributed by atoms with van der Waals surface area (Å²) in [5.74, 6) is -3.23. The van der Waals surface area contributed by atoms with Crippen molar-refractivity contribution < 1.29 is 63.3 Å². The number of ketones is 2. The minimum Gasteiger partial charge on any atom is -0.492 e. The zero-order chi connectivity index (χ0) is 50.7. The Hall–Kier alpha value is -3.80. The lowest BCUT2D eigenvalue weighted by atomic mass is 9.87. The van der Waals surface area contributed by atoms with Crippen LogP contribution in [0.1, 0.15) is 131 Å². The van der Waals surface area contributed by atoms with Gasteiger partial charge in [0, 0.05) is 40.2 Å². The fourth-order valence-corrected chi connectivity index (χ4v) is 7.80. The molecule has 0 spiro atoms. The monoisotopic (exact) mass is 947 g/mol. The molecule has 0 aromatic rings. The zero-order valence-corrected chi connectivity index (χ0v) is 42.1. The Balaban J connectivity index is 0.00000110. The van der Waals surface area contributed by atoms with Crippen LogP contribution < -0.4 is 5.73 Å². The first-order valence-electron chi connectivity index (χ1n) is 23.9. The summed E-state index contributed by atoms with van der Waals surface area (Å²) in [4.78, 5) is 51.6. The Morgan fingerprint density at radius 1 is 0.925 bits per heavy atom. The molecule has 1 saturated carbocycles. The summed E-state index contributed by atoms with van der Waals surface area (Å²) < 4.78 is 27.2.